The van der Waals surface area contributed by atoms with Crippen molar-refractivity contribution in [3.63, 3.8) is 0 Å². The number of nitrogens with one attached hydrogen (secondary N) is 1. The van der Waals surface area contributed by atoms with Crippen molar-refractivity contribution in [1.82, 2.24) is 5.32 Å². The van der Waals surface area contributed by atoms with Crippen molar-refractivity contribution < 1.29 is 5.11 Å². The quantitative estimate of drug-likeness (QED) is 0.632. The Labute approximate surface area is 99.2 Å². The second kappa shape index (κ2) is 7.53. The van der Waals surface area contributed by atoms with Gasteiger partial charge in [-0.2, -0.15) is 11.8 Å². The Balaban J connectivity index is 3.45. The Hall–Kier alpha value is 0.270. The summed E-state index contributed by atoms with van der Waals surface area (Å²) in [6.45, 7) is 11.5. The molecule has 0 radical (unpaired) electrons. The van der Waals surface area contributed by atoms with Gasteiger partial charge in [0.1, 0.15) is 0 Å². The summed E-state index contributed by atoms with van der Waals surface area (Å²) in [5.41, 5.74) is -0.535. The molecule has 0 heterocycles. The Morgan fingerprint density at radius 1 is 1.33 bits per heavy atom. The fourth-order valence-electron chi connectivity index (χ4n) is 1.49. The number of hydrogen-bond donors (Lipinski definition) is 2. The Morgan fingerprint density at radius 2 is 1.93 bits per heavy atom. The minimum atomic E-state index is -0.535. The molecule has 0 rings (SSSR count). The minimum absolute atomic E-state index is 0.535. The summed E-state index contributed by atoms with van der Waals surface area (Å²) < 4.78 is 0. The number of rotatable bonds is 8. The van der Waals surface area contributed by atoms with E-state index in [0.717, 1.165) is 18.1 Å². The van der Waals surface area contributed by atoms with Gasteiger partial charge in [-0.15, -0.1) is 0 Å². The molecule has 3 heteroatoms. The highest BCUT2D eigenvalue weighted by atomic mass is 32.2. The van der Waals surface area contributed by atoms with Crippen molar-refractivity contribution in [3.05, 3.63) is 0 Å². The van der Waals surface area contributed by atoms with Crippen molar-refractivity contribution in [1.29, 1.82) is 0 Å². The van der Waals surface area contributed by atoms with Gasteiger partial charge in [0.25, 0.3) is 0 Å². The molecule has 1 atom stereocenters. The summed E-state index contributed by atoms with van der Waals surface area (Å²) in [7, 11) is 0. The van der Waals surface area contributed by atoms with Crippen LogP contribution in [-0.2, 0) is 0 Å². The van der Waals surface area contributed by atoms with Gasteiger partial charge < -0.3 is 10.4 Å². The zero-order valence-electron chi connectivity index (χ0n) is 10.8. The number of aliphatic hydroxyl groups is 1. The van der Waals surface area contributed by atoms with E-state index in [4.69, 9.17) is 0 Å². The molecule has 2 nitrogen and oxygen atoms in total. The molecular weight excluding hydrogens is 206 g/mol. The van der Waals surface area contributed by atoms with Crippen LogP contribution in [0, 0.1) is 5.92 Å². The highest BCUT2D eigenvalue weighted by molar-refractivity contribution is 7.99. The lowest BCUT2D eigenvalue weighted by Gasteiger charge is -2.21. The summed E-state index contributed by atoms with van der Waals surface area (Å²) >= 11 is 1.81. The monoisotopic (exact) mass is 233 g/mol. The number of thioether (sulfide) groups is 1. The molecule has 0 saturated carbocycles. The van der Waals surface area contributed by atoms with Crippen molar-refractivity contribution in [2.45, 2.75) is 52.7 Å². The van der Waals surface area contributed by atoms with Crippen molar-refractivity contribution >= 4 is 11.8 Å². The van der Waals surface area contributed by atoms with Gasteiger partial charge >= 0.3 is 0 Å². The molecule has 0 aromatic rings. The highest BCUT2D eigenvalue weighted by Gasteiger charge is 2.12. The predicted molar refractivity (Wildman–Crippen MR) is 70.5 cm³/mol. The normalized spacial score (nSPS) is 14.6. The van der Waals surface area contributed by atoms with E-state index in [9.17, 15) is 5.11 Å². The highest BCUT2D eigenvalue weighted by Crippen LogP contribution is 2.11. The van der Waals surface area contributed by atoms with E-state index in [0.29, 0.717) is 12.0 Å². The van der Waals surface area contributed by atoms with Crippen LogP contribution in [0.3, 0.4) is 0 Å². The van der Waals surface area contributed by atoms with Crippen LogP contribution >= 0.6 is 11.8 Å². The third kappa shape index (κ3) is 9.21. The molecule has 0 bridgehead atoms. The van der Waals surface area contributed by atoms with Gasteiger partial charge in [-0.25, -0.2) is 0 Å². The molecule has 0 aromatic carbocycles. The van der Waals surface area contributed by atoms with Crippen LogP contribution in [0.25, 0.3) is 0 Å². The third-order valence-corrected chi connectivity index (χ3v) is 3.76. The van der Waals surface area contributed by atoms with E-state index in [2.05, 4.69) is 26.1 Å². The molecule has 2 N–H and O–H groups in total. The zero-order valence-corrected chi connectivity index (χ0v) is 11.7. The Kier molecular flexibility index (Phi) is 7.66. The molecule has 0 fully saturated rings. The SMILES string of the molecule is CCC(NCCSCC(C)(C)O)C(C)C. The predicted octanol–water partition coefficient (Wildman–Crippen LogP) is 2.51. The van der Waals surface area contributed by atoms with Crippen LogP contribution in [-0.4, -0.2) is 34.8 Å². The van der Waals surface area contributed by atoms with E-state index in [1.165, 1.54) is 6.42 Å². The van der Waals surface area contributed by atoms with Gasteiger partial charge in [-0.05, 0) is 26.2 Å². The maximum atomic E-state index is 9.52. The van der Waals surface area contributed by atoms with Crippen LogP contribution in [0.15, 0.2) is 0 Å². The Bertz CT molecular complexity index is 154. The molecular formula is C12H27NOS. The Morgan fingerprint density at radius 3 is 2.33 bits per heavy atom. The molecule has 92 valence electrons. The topological polar surface area (TPSA) is 32.3 Å². The standard InChI is InChI=1S/C12H27NOS/c1-6-11(10(2)3)13-7-8-15-9-12(4,5)14/h10-11,13-14H,6-9H2,1-5H3. The lowest BCUT2D eigenvalue weighted by Crippen LogP contribution is -2.35. The molecule has 0 aliphatic rings. The van der Waals surface area contributed by atoms with E-state index < -0.39 is 5.60 Å². The first-order valence-corrected chi connectivity index (χ1v) is 7.05. The van der Waals surface area contributed by atoms with Crippen LogP contribution in [0.2, 0.25) is 0 Å². The summed E-state index contributed by atoms with van der Waals surface area (Å²) in [6, 6.07) is 0.632. The smallest absolute Gasteiger partial charge is 0.0681 e. The molecule has 0 aliphatic carbocycles. The first-order chi connectivity index (χ1) is 6.87. The van der Waals surface area contributed by atoms with E-state index in [1.807, 2.05) is 25.6 Å². The fraction of sp³-hybridized carbons (Fsp3) is 1.00. The molecule has 1 unspecified atom stereocenters. The summed E-state index contributed by atoms with van der Waals surface area (Å²) in [5.74, 6) is 2.59. The first kappa shape index (κ1) is 15.3. The summed E-state index contributed by atoms with van der Waals surface area (Å²) in [6.07, 6.45) is 1.19. The largest absolute Gasteiger partial charge is 0.390 e. The van der Waals surface area contributed by atoms with Crippen LogP contribution in [0.5, 0.6) is 0 Å². The van der Waals surface area contributed by atoms with E-state index >= 15 is 0 Å². The molecule has 0 saturated heterocycles. The van der Waals surface area contributed by atoms with Crippen LogP contribution in [0.4, 0.5) is 0 Å². The van der Waals surface area contributed by atoms with Gasteiger partial charge in [0.05, 0.1) is 5.60 Å². The zero-order chi connectivity index (χ0) is 11.9. The van der Waals surface area contributed by atoms with Gasteiger partial charge in [-0.1, -0.05) is 20.8 Å². The summed E-state index contributed by atoms with van der Waals surface area (Å²) in [5, 5.41) is 13.1. The van der Waals surface area contributed by atoms with Crippen molar-refractivity contribution in [2.24, 2.45) is 5.92 Å². The van der Waals surface area contributed by atoms with Gasteiger partial charge in [-0.3, -0.25) is 0 Å². The van der Waals surface area contributed by atoms with Gasteiger partial charge in [0.15, 0.2) is 0 Å². The van der Waals surface area contributed by atoms with Crippen molar-refractivity contribution in [3.8, 4) is 0 Å². The first-order valence-electron chi connectivity index (χ1n) is 5.90. The van der Waals surface area contributed by atoms with E-state index in [1.54, 1.807) is 0 Å². The van der Waals surface area contributed by atoms with Crippen molar-refractivity contribution in [2.75, 3.05) is 18.1 Å². The molecule has 0 aliphatic heterocycles. The number of hydrogen-bond acceptors (Lipinski definition) is 3. The lowest BCUT2D eigenvalue weighted by molar-refractivity contribution is 0.107. The maximum absolute atomic E-state index is 9.52. The molecule has 0 spiro atoms. The average molecular weight is 233 g/mol. The molecule has 0 aromatic heterocycles. The second-order valence-corrected chi connectivity index (χ2v) is 6.18. The minimum Gasteiger partial charge on any atom is -0.390 e. The van der Waals surface area contributed by atoms with Gasteiger partial charge in [0.2, 0.25) is 0 Å². The average Bonchev–Trinajstić information content (AvgIpc) is 2.08. The molecule has 15 heavy (non-hydrogen) atoms. The lowest BCUT2D eigenvalue weighted by atomic mass is 10.0. The molecule has 0 amide bonds. The summed E-state index contributed by atoms with van der Waals surface area (Å²) in [4.78, 5) is 0. The third-order valence-electron chi connectivity index (χ3n) is 2.35. The second-order valence-electron chi connectivity index (χ2n) is 5.08. The maximum Gasteiger partial charge on any atom is 0.0681 e. The van der Waals surface area contributed by atoms with Crippen LogP contribution in [0.1, 0.15) is 41.0 Å². The van der Waals surface area contributed by atoms with E-state index in [-0.39, 0.29) is 0 Å². The van der Waals surface area contributed by atoms with Gasteiger partial charge in [0, 0.05) is 24.1 Å². The fourth-order valence-corrected chi connectivity index (χ4v) is 2.40. The van der Waals surface area contributed by atoms with Crippen LogP contribution < -0.4 is 5.32 Å².